The van der Waals surface area contributed by atoms with Crippen molar-refractivity contribution in [2.24, 2.45) is 0 Å². The Balaban J connectivity index is 1.55. The van der Waals surface area contributed by atoms with Gasteiger partial charge in [0.05, 0.1) is 6.42 Å². The van der Waals surface area contributed by atoms with Crippen LogP contribution in [0.1, 0.15) is 17.5 Å². The molecule has 1 heterocycles. The van der Waals surface area contributed by atoms with Crippen LogP contribution in [0.5, 0.6) is 0 Å². The molecule has 2 aromatic carbocycles. The van der Waals surface area contributed by atoms with Crippen LogP contribution in [0.15, 0.2) is 48.5 Å². The highest BCUT2D eigenvalue weighted by Crippen LogP contribution is 2.14. The molecule has 3 rings (SSSR count). The zero-order chi connectivity index (χ0) is 17.6. The molecule has 1 saturated heterocycles. The molecule has 2 aromatic rings. The van der Waals surface area contributed by atoms with E-state index in [0.717, 1.165) is 31.6 Å². The number of carbonyl (C=O) groups excluding carboxylic acids is 1. The van der Waals surface area contributed by atoms with E-state index in [-0.39, 0.29) is 11.7 Å². The lowest BCUT2D eigenvalue weighted by Crippen LogP contribution is -2.36. The van der Waals surface area contributed by atoms with Crippen molar-refractivity contribution in [3.63, 3.8) is 0 Å². The van der Waals surface area contributed by atoms with Crippen LogP contribution in [0.2, 0.25) is 5.02 Å². The first-order valence-electron chi connectivity index (χ1n) is 8.60. The molecular formula is C20H22ClFN2O. The van der Waals surface area contributed by atoms with Crippen molar-refractivity contribution in [1.29, 1.82) is 0 Å². The molecule has 1 aliphatic rings. The second-order valence-corrected chi connectivity index (χ2v) is 6.84. The van der Waals surface area contributed by atoms with Crippen molar-refractivity contribution in [1.82, 2.24) is 9.80 Å². The number of amides is 1. The molecule has 3 nitrogen and oxygen atoms in total. The van der Waals surface area contributed by atoms with Crippen LogP contribution < -0.4 is 0 Å². The fraction of sp³-hybridized carbons (Fsp3) is 0.350. The Morgan fingerprint density at radius 2 is 1.76 bits per heavy atom. The first-order chi connectivity index (χ1) is 12.1. The van der Waals surface area contributed by atoms with Crippen molar-refractivity contribution < 1.29 is 9.18 Å². The first-order valence-corrected chi connectivity index (χ1v) is 8.97. The molecule has 5 heteroatoms. The Morgan fingerprint density at radius 1 is 1.00 bits per heavy atom. The van der Waals surface area contributed by atoms with Crippen molar-refractivity contribution in [3.8, 4) is 0 Å². The van der Waals surface area contributed by atoms with Crippen LogP contribution in [0.3, 0.4) is 0 Å². The normalized spacial score (nSPS) is 15.8. The van der Waals surface area contributed by atoms with Crippen LogP contribution in [-0.2, 0) is 17.8 Å². The summed E-state index contributed by atoms with van der Waals surface area (Å²) in [6.45, 7) is 3.66. The molecule has 0 aromatic heterocycles. The summed E-state index contributed by atoms with van der Waals surface area (Å²) in [6, 6.07) is 14.3. The van der Waals surface area contributed by atoms with Gasteiger partial charge in [0.1, 0.15) is 5.82 Å². The number of benzene rings is 2. The van der Waals surface area contributed by atoms with Gasteiger partial charge in [-0.3, -0.25) is 9.69 Å². The Labute approximate surface area is 153 Å². The van der Waals surface area contributed by atoms with Gasteiger partial charge in [0.25, 0.3) is 0 Å². The third-order valence-electron chi connectivity index (χ3n) is 4.56. The molecule has 1 amide bonds. The van der Waals surface area contributed by atoms with Crippen molar-refractivity contribution in [2.75, 3.05) is 26.2 Å². The minimum atomic E-state index is -0.164. The topological polar surface area (TPSA) is 23.6 Å². The lowest BCUT2D eigenvalue weighted by Gasteiger charge is -2.22. The SMILES string of the molecule is O=C(Cc1ccc(Cl)cc1)N1CCCN(Cc2ccccc2F)CC1. The van der Waals surface area contributed by atoms with Gasteiger partial charge in [-0.05, 0) is 30.2 Å². The summed E-state index contributed by atoms with van der Waals surface area (Å²) in [6.07, 6.45) is 1.30. The lowest BCUT2D eigenvalue weighted by atomic mass is 10.1. The van der Waals surface area contributed by atoms with E-state index in [1.54, 1.807) is 6.07 Å². The van der Waals surface area contributed by atoms with Gasteiger partial charge < -0.3 is 4.90 Å². The Morgan fingerprint density at radius 3 is 2.52 bits per heavy atom. The predicted octanol–water partition coefficient (Wildman–Crippen LogP) is 3.76. The monoisotopic (exact) mass is 360 g/mol. The molecule has 1 fully saturated rings. The Kier molecular flexibility index (Phi) is 6.05. The highest BCUT2D eigenvalue weighted by atomic mass is 35.5. The molecule has 0 N–H and O–H groups in total. The van der Waals surface area contributed by atoms with Gasteiger partial charge in [-0.25, -0.2) is 4.39 Å². The van der Waals surface area contributed by atoms with E-state index in [1.165, 1.54) is 6.07 Å². The number of hydrogen-bond acceptors (Lipinski definition) is 2. The van der Waals surface area contributed by atoms with Gasteiger partial charge in [-0.15, -0.1) is 0 Å². The van der Waals surface area contributed by atoms with Gasteiger partial charge in [0.2, 0.25) is 5.91 Å². The molecule has 0 saturated carbocycles. The number of hydrogen-bond donors (Lipinski definition) is 0. The van der Waals surface area contributed by atoms with E-state index < -0.39 is 0 Å². The van der Waals surface area contributed by atoms with E-state index in [0.29, 0.717) is 30.1 Å². The molecule has 25 heavy (non-hydrogen) atoms. The second kappa shape index (κ2) is 8.45. The minimum Gasteiger partial charge on any atom is -0.341 e. The summed E-state index contributed by atoms with van der Waals surface area (Å²) in [5, 5.41) is 0.676. The maximum Gasteiger partial charge on any atom is 0.227 e. The maximum atomic E-state index is 13.8. The standard InChI is InChI=1S/C20H22ClFN2O/c21-18-8-6-16(7-9-18)14-20(25)24-11-3-10-23(12-13-24)15-17-4-1-2-5-19(17)22/h1-2,4-9H,3,10-15H2. The second-order valence-electron chi connectivity index (χ2n) is 6.41. The fourth-order valence-corrected chi connectivity index (χ4v) is 3.26. The maximum absolute atomic E-state index is 13.8. The summed E-state index contributed by atoms with van der Waals surface area (Å²) >= 11 is 5.88. The van der Waals surface area contributed by atoms with Crippen molar-refractivity contribution >= 4 is 17.5 Å². The summed E-state index contributed by atoms with van der Waals surface area (Å²) in [5.41, 5.74) is 1.69. The summed E-state index contributed by atoms with van der Waals surface area (Å²) < 4.78 is 13.8. The molecule has 0 atom stereocenters. The number of carbonyl (C=O) groups is 1. The molecule has 0 aliphatic carbocycles. The first kappa shape index (κ1) is 17.9. The van der Waals surface area contributed by atoms with Crippen LogP contribution >= 0.6 is 11.6 Å². The third kappa shape index (κ3) is 5.03. The Hall–Kier alpha value is -1.91. The van der Waals surface area contributed by atoms with Gasteiger partial charge >= 0.3 is 0 Å². The molecule has 0 bridgehead atoms. The van der Waals surface area contributed by atoms with E-state index in [1.807, 2.05) is 41.3 Å². The highest BCUT2D eigenvalue weighted by molar-refractivity contribution is 6.30. The Bertz CT molecular complexity index is 720. The largest absolute Gasteiger partial charge is 0.341 e. The average Bonchev–Trinajstić information content (AvgIpc) is 2.85. The summed E-state index contributed by atoms with van der Waals surface area (Å²) in [7, 11) is 0. The van der Waals surface area contributed by atoms with E-state index in [9.17, 15) is 9.18 Å². The molecule has 1 aliphatic heterocycles. The zero-order valence-corrected chi connectivity index (χ0v) is 14.9. The summed E-state index contributed by atoms with van der Waals surface area (Å²) in [4.78, 5) is 16.7. The zero-order valence-electron chi connectivity index (χ0n) is 14.1. The molecule has 0 radical (unpaired) electrons. The quantitative estimate of drug-likeness (QED) is 0.829. The van der Waals surface area contributed by atoms with Gasteiger partial charge in [0.15, 0.2) is 0 Å². The minimum absolute atomic E-state index is 0.134. The third-order valence-corrected chi connectivity index (χ3v) is 4.81. The van der Waals surface area contributed by atoms with Gasteiger partial charge in [-0.2, -0.15) is 0 Å². The lowest BCUT2D eigenvalue weighted by molar-refractivity contribution is -0.130. The predicted molar refractivity (Wildman–Crippen MR) is 98.0 cm³/mol. The van der Waals surface area contributed by atoms with E-state index in [2.05, 4.69) is 4.90 Å². The summed E-state index contributed by atoms with van der Waals surface area (Å²) in [5.74, 6) is -0.0301. The number of rotatable bonds is 4. The van der Waals surface area contributed by atoms with Gasteiger partial charge in [-0.1, -0.05) is 41.9 Å². The van der Waals surface area contributed by atoms with E-state index in [4.69, 9.17) is 11.6 Å². The van der Waals surface area contributed by atoms with Crippen molar-refractivity contribution in [3.05, 3.63) is 70.5 Å². The number of nitrogens with zero attached hydrogens (tertiary/aromatic N) is 2. The molecule has 132 valence electrons. The van der Waals surface area contributed by atoms with Gasteiger partial charge in [0, 0.05) is 43.3 Å². The molecule has 0 spiro atoms. The smallest absolute Gasteiger partial charge is 0.227 e. The molecule has 0 unspecified atom stereocenters. The average molecular weight is 361 g/mol. The van der Waals surface area contributed by atoms with Crippen LogP contribution in [-0.4, -0.2) is 41.9 Å². The fourth-order valence-electron chi connectivity index (χ4n) is 3.13. The molecular weight excluding hydrogens is 339 g/mol. The van der Waals surface area contributed by atoms with E-state index >= 15 is 0 Å². The van der Waals surface area contributed by atoms with Crippen LogP contribution in [0.25, 0.3) is 0 Å². The van der Waals surface area contributed by atoms with Crippen LogP contribution in [0, 0.1) is 5.82 Å². The van der Waals surface area contributed by atoms with Crippen LogP contribution in [0.4, 0.5) is 4.39 Å². The van der Waals surface area contributed by atoms with Crippen molar-refractivity contribution in [2.45, 2.75) is 19.4 Å². The highest BCUT2D eigenvalue weighted by Gasteiger charge is 2.20. The number of halogens is 2.